The van der Waals surface area contributed by atoms with Crippen molar-refractivity contribution in [2.45, 2.75) is 123 Å². The molecule has 0 spiro atoms. The Morgan fingerprint density at radius 3 is 1.51 bits per heavy atom. The molecule has 10 heteroatoms. The van der Waals surface area contributed by atoms with Crippen LogP contribution in [0, 0.1) is 10.2 Å². The summed E-state index contributed by atoms with van der Waals surface area (Å²) in [6.45, 7) is 6.65. The van der Waals surface area contributed by atoms with Gasteiger partial charge in [0.1, 0.15) is 13.2 Å². The number of ether oxygens (including phenoxy) is 1. The number of carbonyl (C=O) groups is 2. The van der Waals surface area contributed by atoms with Crippen molar-refractivity contribution in [1.82, 2.24) is 5.32 Å². The van der Waals surface area contributed by atoms with Gasteiger partial charge >= 0.3 is 5.97 Å². The van der Waals surface area contributed by atoms with Gasteiger partial charge < -0.3 is 14.5 Å². The summed E-state index contributed by atoms with van der Waals surface area (Å²) in [5, 5.41) is 3.04. The van der Waals surface area contributed by atoms with Gasteiger partial charge in [-0.2, -0.15) is 0 Å². The van der Waals surface area contributed by atoms with Crippen LogP contribution in [0.25, 0.3) is 0 Å². The van der Waals surface area contributed by atoms with Crippen molar-refractivity contribution in [3.05, 3.63) is 0 Å². The summed E-state index contributed by atoms with van der Waals surface area (Å²) in [5.74, 6) is -0.0408. The molecule has 0 unspecified atom stereocenters. The highest BCUT2D eigenvalue weighted by molar-refractivity contribution is 5.75. The number of hydrogen-bond acceptors (Lipinski definition) is 7. The molecule has 0 rings (SSSR count). The van der Waals surface area contributed by atoms with Crippen LogP contribution in [0.3, 0.4) is 0 Å². The van der Waals surface area contributed by atoms with Crippen molar-refractivity contribution < 1.29 is 47.7 Å². The number of hydrogen-bond donors (Lipinski definition) is 1. The molecule has 0 fully saturated rings. The Balaban J connectivity index is 0. The lowest BCUT2D eigenvalue weighted by molar-refractivity contribution is -2.00. The van der Waals surface area contributed by atoms with E-state index in [0.29, 0.717) is 13.0 Å². The fourth-order valence-electron chi connectivity index (χ4n) is 4.03. The Morgan fingerprint density at radius 2 is 1.11 bits per heavy atom. The summed E-state index contributed by atoms with van der Waals surface area (Å²) in [4.78, 5) is 22.8. The molecule has 0 aliphatic rings. The third-order valence-corrected chi connectivity index (χ3v) is 6.27. The number of nitrogens with one attached hydrogen (secondary N) is 1. The molecule has 0 heterocycles. The van der Waals surface area contributed by atoms with Crippen molar-refractivity contribution in [2.24, 2.45) is 0 Å². The second kappa shape index (κ2) is 25.3. The molecule has 9 nitrogen and oxygen atoms in total. The fourth-order valence-corrected chi connectivity index (χ4v) is 4.03. The molecular formula is C27H55ClN2O7. The van der Waals surface area contributed by atoms with Gasteiger partial charge in [0.05, 0.1) is 20.6 Å². The van der Waals surface area contributed by atoms with Gasteiger partial charge in [-0.15, -0.1) is 10.2 Å². The highest BCUT2D eigenvalue weighted by Gasteiger charge is 2.15. The Kier molecular flexibility index (Phi) is 26.1. The average molecular weight is 555 g/mol. The van der Waals surface area contributed by atoms with Gasteiger partial charge in [0.2, 0.25) is 5.91 Å². The quantitative estimate of drug-likeness (QED) is 0.115. The molecule has 0 bridgehead atoms. The third kappa shape index (κ3) is 39.7. The van der Waals surface area contributed by atoms with Gasteiger partial charge in [0.15, 0.2) is 0 Å². The third-order valence-electron chi connectivity index (χ3n) is 6.27. The standard InChI is InChI=1S/C27H54N2O3.ClHO4/c1-5-6-7-8-9-10-11-12-13-14-15-16-17-18-19-21-27(31)28-22-20-23-29(3,4)24-25-32-26(2)30;2-1(3,4)5/h5-25H2,1-4H3;(H,2,3,4,5). The molecule has 0 aromatic heterocycles. The smallest absolute Gasteiger partial charge is 0.302 e. The predicted octanol–water partition coefficient (Wildman–Crippen LogP) is 1.64. The zero-order valence-corrected chi connectivity index (χ0v) is 24.8. The summed E-state index contributed by atoms with van der Waals surface area (Å²) in [6.07, 6.45) is 21.8. The average Bonchev–Trinajstić information content (AvgIpc) is 2.78. The topological polar surface area (TPSA) is 148 Å². The monoisotopic (exact) mass is 554 g/mol. The summed E-state index contributed by atoms with van der Waals surface area (Å²) in [7, 11) is -0.693. The molecule has 1 N–H and O–H groups in total. The van der Waals surface area contributed by atoms with Crippen LogP contribution in [0.5, 0.6) is 0 Å². The number of halogens is 1. The first-order valence-corrected chi connectivity index (χ1v) is 15.4. The molecule has 0 aliphatic heterocycles. The Morgan fingerprint density at radius 1 is 0.703 bits per heavy atom. The van der Waals surface area contributed by atoms with E-state index in [2.05, 4.69) is 26.3 Å². The number of likely N-dealkylation sites (N-methyl/N-ethyl adjacent to an activating group) is 1. The largest absolute Gasteiger partial charge is 0.460 e. The van der Waals surface area contributed by atoms with E-state index in [4.69, 9.17) is 23.4 Å². The lowest BCUT2D eigenvalue weighted by Gasteiger charge is -2.29. The summed E-state index contributed by atoms with van der Waals surface area (Å²) in [5.41, 5.74) is 0. The number of unbranched alkanes of at least 4 members (excludes halogenated alkanes) is 14. The Labute approximate surface area is 228 Å². The maximum atomic E-state index is 12.0. The molecule has 222 valence electrons. The molecule has 1 amide bonds. The second-order valence-corrected chi connectivity index (χ2v) is 11.3. The molecule has 37 heavy (non-hydrogen) atoms. The van der Waals surface area contributed by atoms with Crippen LogP contribution in [0.15, 0.2) is 0 Å². The molecule has 0 radical (unpaired) electrons. The minimum atomic E-state index is -4.94. The first-order chi connectivity index (χ1) is 17.4. The molecule has 0 aromatic rings. The van der Waals surface area contributed by atoms with Gasteiger partial charge in [-0.25, -0.2) is 18.6 Å². The highest BCUT2D eigenvalue weighted by atomic mass is 35.7. The zero-order valence-electron chi connectivity index (χ0n) is 24.0. The summed E-state index contributed by atoms with van der Waals surface area (Å²) < 4.78 is 39.8. The Bertz CT molecular complexity index is 537. The van der Waals surface area contributed by atoms with E-state index in [9.17, 15) is 9.59 Å². The van der Waals surface area contributed by atoms with E-state index in [1.165, 1.54) is 96.8 Å². The molecule has 0 aromatic carbocycles. The molecule has 0 atom stereocenters. The van der Waals surface area contributed by atoms with Crippen molar-refractivity contribution in [3.8, 4) is 0 Å². The maximum Gasteiger partial charge on any atom is 0.302 e. The van der Waals surface area contributed by atoms with Crippen molar-refractivity contribution in [1.29, 1.82) is 0 Å². The summed E-state index contributed by atoms with van der Waals surface area (Å²) >= 11 is 0. The number of carbonyl (C=O) groups excluding carboxylic acids is 2. The second-order valence-electron chi connectivity index (χ2n) is 10.5. The van der Waals surface area contributed by atoms with Gasteiger partial charge in [0.25, 0.3) is 0 Å². The molecule has 0 aliphatic carbocycles. The lowest BCUT2D eigenvalue weighted by Crippen LogP contribution is -2.68. The van der Waals surface area contributed by atoms with E-state index in [-0.39, 0.29) is 11.9 Å². The van der Waals surface area contributed by atoms with Gasteiger partial charge in [0, 0.05) is 26.3 Å². The van der Waals surface area contributed by atoms with E-state index in [1.54, 1.807) is 0 Å². The van der Waals surface area contributed by atoms with Crippen LogP contribution >= 0.6 is 0 Å². The Hall–Kier alpha value is -0.970. The lowest BCUT2D eigenvalue weighted by atomic mass is 10.0. The van der Waals surface area contributed by atoms with E-state index < -0.39 is 10.2 Å². The van der Waals surface area contributed by atoms with Crippen LogP contribution in [-0.2, 0) is 14.3 Å². The van der Waals surface area contributed by atoms with Crippen LogP contribution in [0.4, 0.5) is 0 Å². The summed E-state index contributed by atoms with van der Waals surface area (Å²) in [6, 6.07) is 0. The SMILES string of the molecule is CCCCCCCCCCCCCCCCCC(=O)NCCC[N+](C)(C)CCOC(C)=O.[O-][Cl+3]([O-])([O-])[O-]. The van der Waals surface area contributed by atoms with E-state index in [1.807, 2.05) is 0 Å². The maximum absolute atomic E-state index is 12.0. The number of rotatable bonds is 23. The molecular weight excluding hydrogens is 500 g/mol. The van der Waals surface area contributed by atoms with Crippen molar-refractivity contribution in [2.75, 3.05) is 40.3 Å². The number of nitrogens with zero attached hydrogens (tertiary/aromatic N) is 1. The minimum absolute atomic E-state index is 0.185. The van der Waals surface area contributed by atoms with Crippen LogP contribution in [0.2, 0.25) is 0 Å². The van der Waals surface area contributed by atoms with Crippen molar-refractivity contribution >= 4 is 11.9 Å². The normalized spacial score (nSPS) is 11.6. The van der Waals surface area contributed by atoms with Crippen LogP contribution < -0.4 is 24.0 Å². The number of amides is 1. The van der Waals surface area contributed by atoms with Gasteiger partial charge in [-0.1, -0.05) is 96.8 Å². The van der Waals surface area contributed by atoms with Crippen molar-refractivity contribution in [3.63, 3.8) is 0 Å². The van der Waals surface area contributed by atoms with Gasteiger partial charge in [-0.3, -0.25) is 9.59 Å². The number of quaternary nitrogens is 1. The molecule has 0 saturated carbocycles. The molecule has 0 saturated heterocycles. The first kappa shape index (κ1) is 38.2. The van der Waals surface area contributed by atoms with E-state index >= 15 is 0 Å². The first-order valence-electron chi connectivity index (χ1n) is 14.2. The number of esters is 1. The van der Waals surface area contributed by atoms with E-state index in [0.717, 1.165) is 37.0 Å². The highest BCUT2D eigenvalue weighted by Crippen LogP contribution is 2.13. The minimum Gasteiger partial charge on any atom is -0.460 e. The van der Waals surface area contributed by atoms with Gasteiger partial charge in [-0.05, 0) is 6.42 Å². The van der Waals surface area contributed by atoms with Crippen LogP contribution in [-0.4, -0.2) is 56.7 Å². The van der Waals surface area contributed by atoms with Crippen LogP contribution in [0.1, 0.15) is 123 Å². The zero-order chi connectivity index (χ0) is 28.4. The predicted molar refractivity (Wildman–Crippen MR) is 136 cm³/mol. The fraction of sp³-hybridized carbons (Fsp3) is 0.926.